The predicted octanol–water partition coefficient (Wildman–Crippen LogP) is 4.32. The fraction of sp³-hybridized carbons (Fsp3) is 0.273. The lowest BCUT2D eigenvalue weighted by Gasteiger charge is -2.03. The van der Waals surface area contributed by atoms with Crippen molar-refractivity contribution in [3.05, 3.63) is 34.5 Å². The summed E-state index contributed by atoms with van der Waals surface area (Å²) in [7, 11) is 0. The summed E-state index contributed by atoms with van der Waals surface area (Å²) in [5.74, 6) is 0.561. The Morgan fingerprint density at radius 3 is 2.77 bits per heavy atom. The van der Waals surface area contributed by atoms with E-state index in [-0.39, 0.29) is 0 Å². The van der Waals surface area contributed by atoms with E-state index in [1.807, 2.05) is 6.07 Å². The fourth-order valence-electron chi connectivity index (χ4n) is 1.37. The summed E-state index contributed by atoms with van der Waals surface area (Å²) in [6.07, 6.45) is 1.73. The van der Waals surface area contributed by atoms with Gasteiger partial charge in [0, 0.05) is 5.39 Å². The summed E-state index contributed by atoms with van der Waals surface area (Å²) < 4.78 is 6.37. The largest absolute Gasteiger partial charge is 0.463 e. The maximum absolute atomic E-state index is 5.34. The zero-order valence-corrected chi connectivity index (χ0v) is 9.26. The lowest BCUT2D eigenvalue weighted by Crippen LogP contribution is -1.85. The van der Waals surface area contributed by atoms with Crippen LogP contribution >= 0.6 is 15.9 Å². The average Bonchev–Trinajstić information content (AvgIpc) is 2.47. The molecule has 0 bridgehead atoms. The number of furan rings is 1. The van der Waals surface area contributed by atoms with Gasteiger partial charge in [0.05, 0.1) is 4.47 Å². The molecule has 0 unspecified atom stereocenters. The molecule has 1 nitrogen and oxygen atoms in total. The Kier molecular flexibility index (Phi) is 2.16. The minimum atomic E-state index is 0.561. The molecule has 1 heterocycles. The topological polar surface area (TPSA) is 13.1 Å². The standard InChI is InChI=1S/C11H11BrO/c1-7(2)8-3-4-11-9(5-8)10(12)6-13-11/h3-7H,1-2H3. The maximum Gasteiger partial charge on any atom is 0.135 e. The molecule has 0 saturated heterocycles. The lowest BCUT2D eigenvalue weighted by molar-refractivity contribution is 0.613. The van der Waals surface area contributed by atoms with Crippen LogP contribution in [0.25, 0.3) is 11.0 Å². The summed E-state index contributed by atoms with van der Waals surface area (Å²) >= 11 is 3.46. The van der Waals surface area contributed by atoms with Crippen molar-refractivity contribution in [2.75, 3.05) is 0 Å². The first kappa shape index (κ1) is 8.82. The molecule has 0 amide bonds. The van der Waals surface area contributed by atoms with Gasteiger partial charge in [0.1, 0.15) is 11.8 Å². The van der Waals surface area contributed by atoms with Gasteiger partial charge in [-0.05, 0) is 39.5 Å². The summed E-state index contributed by atoms with van der Waals surface area (Å²) in [6, 6.07) is 6.31. The van der Waals surface area contributed by atoms with E-state index in [1.165, 1.54) is 5.56 Å². The van der Waals surface area contributed by atoms with Crippen LogP contribution in [0.4, 0.5) is 0 Å². The summed E-state index contributed by atoms with van der Waals surface area (Å²) in [6.45, 7) is 4.38. The number of benzene rings is 1. The monoisotopic (exact) mass is 238 g/mol. The minimum absolute atomic E-state index is 0.561. The molecule has 0 aliphatic carbocycles. The molecule has 0 atom stereocenters. The highest BCUT2D eigenvalue weighted by atomic mass is 79.9. The quantitative estimate of drug-likeness (QED) is 0.722. The lowest BCUT2D eigenvalue weighted by atomic mass is 10.0. The SMILES string of the molecule is CC(C)c1ccc2occ(Br)c2c1. The first-order chi connectivity index (χ1) is 6.18. The molecule has 0 fully saturated rings. The molecular formula is C11H11BrO. The number of fused-ring (bicyclic) bond motifs is 1. The van der Waals surface area contributed by atoms with Gasteiger partial charge in [0.15, 0.2) is 0 Å². The van der Waals surface area contributed by atoms with E-state index >= 15 is 0 Å². The van der Waals surface area contributed by atoms with Crippen LogP contribution in [0.2, 0.25) is 0 Å². The van der Waals surface area contributed by atoms with Crippen molar-refractivity contribution in [2.45, 2.75) is 19.8 Å². The summed E-state index contributed by atoms with van der Waals surface area (Å²) in [4.78, 5) is 0. The van der Waals surface area contributed by atoms with Crippen LogP contribution in [0.5, 0.6) is 0 Å². The van der Waals surface area contributed by atoms with Gasteiger partial charge in [-0.3, -0.25) is 0 Å². The highest BCUT2D eigenvalue weighted by molar-refractivity contribution is 9.10. The molecule has 68 valence electrons. The molecule has 0 N–H and O–H groups in total. The third-order valence-electron chi connectivity index (χ3n) is 2.22. The van der Waals surface area contributed by atoms with E-state index in [0.717, 1.165) is 15.4 Å². The van der Waals surface area contributed by atoms with Crippen molar-refractivity contribution < 1.29 is 4.42 Å². The van der Waals surface area contributed by atoms with E-state index < -0.39 is 0 Å². The van der Waals surface area contributed by atoms with Gasteiger partial charge >= 0.3 is 0 Å². The van der Waals surface area contributed by atoms with Gasteiger partial charge in [-0.25, -0.2) is 0 Å². The molecule has 0 spiro atoms. The summed E-state index contributed by atoms with van der Waals surface area (Å²) in [5, 5.41) is 1.16. The van der Waals surface area contributed by atoms with Crippen molar-refractivity contribution in [1.29, 1.82) is 0 Å². The second kappa shape index (κ2) is 3.18. The van der Waals surface area contributed by atoms with Gasteiger partial charge in [0.25, 0.3) is 0 Å². The number of halogens is 1. The second-order valence-corrected chi connectivity index (χ2v) is 4.35. The minimum Gasteiger partial charge on any atom is -0.463 e. The van der Waals surface area contributed by atoms with Crippen LogP contribution in [-0.2, 0) is 0 Å². The highest BCUT2D eigenvalue weighted by Crippen LogP contribution is 2.28. The van der Waals surface area contributed by atoms with Crippen molar-refractivity contribution in [3.8, 4) is 0 Å². The van der Waals surface area contributed by atoms with Crippen LogP contribution in [0.15, 0.2) is 33.4 Å². The fourth-order valence-corrected chi connectivity index (χ4v) is 1.78. The van der Waals surface area contributed by atoms with Gasteiger partial charge in [-0.2, -0.15) is 0 Å². The van der Waals surface area contributed by atoms with Crippen LogP contribution in [0, 0.1) is 0 Å². The Bertz CT molecular complexity index is 429. The summed E-state index contributed by atoms with van der Waals surface area (Å²) in [5.41, 5.74) is 2.28. The Hall–Kier alpha value is -0.760. The molecule has 2 rings (SSSR count). The average molecular weight is 239 g/mol. The maximum atomic E-state index is 5.34. The molecule has 0 aliphatic rings. The van der Waals surface area contributed by atoms with Crippen molar-refractivity contribution in [3.63, 3.8) is 0 Å². The van der Waals surface area contributed by atoms with Crippen molar-refractivity contribution >= 4 is 26.9 Å². The van der Waals surface area contributed by atoms with E-state index in [9.17, 15) is 0 Å². The van der Waals surface area contributed by atoms with Crippen molar-refractivity contribution in [1.82, 2.24) is 0 Å². The molecule has 0 radical (unpaired) electrons. The van der Waals surface area contributed by atoms with Gasteiger partial charge in [-0.15, -0.1) is 0 Å². The first-order valence-corrected chi connectivity index (χ1v) is 5.14. The van der Waals surface area contributed by atoms with Crippen molar-refractivity contribution in [2.24, 2.45) is 0 Å². The van der Waals surface area contributed by atoms with E-state index in [0.29, 0.717) is 5.92 Å². The van der Waals surface area contributed by atoms with Gasteiger partial charge in [0.2, 0.25) is 0 Å². The zero-order chi connectivity index (χ0) is 9.42. The molecule has 2 aromatic rings. The number of rotatable bonds is 1. The van der Waals surface area contributed by atoms with Crippen LogP contribution in [-0.4, -0.2) is 0 Å². The van der Waals surface area contributed by atoms with Gasteiger partial charge < -0.3 is 4.42 Å². The number of hydrogen-bond acceptors (Lipinski definition) is 1. The Morgan fingerprint density at radius 1 is 1.31 bits per heavy atom. The van der Waals surface area contributed by atoms with E-state index in [1.54, 1.807) is 6.26 Å². The van der Waals surface area contributed by atoms with Crippen LogP contribution in [0.3, 0.4) is 0 Å². The molecule has 13 heavy (non-hydrogen) atoms. The van der Waals surface area contributed by atoms with Gasteiger partial charge in [-0.1, -0.05) is 19.9 Å². The third-order valence-corrected chi connectivity index (χ3v) is 2.83. The zero-order valence-electron chi connectivity index (χ0n) is 7.67. The molecule has 1 aromatic heterocycles. The molecule has 2 heteroatoms. The number of hydrogen-bond donors (Lipinski definition) is 0. The smallest absolute Gasteiger partial charge is 0.135 e. The first-order valence-electron chi connectivity index (χ1n) is 4.35. The molecule has 0 aliphatic heterocycles. The van der Waals surface area contributed by atoms with Crippen LogP contribution in [0.1, 0.15) is 25.3 Å². The molecule has 0 saturated carbocycles. The highest BCUT2D eigenvalue weighted by Gasteiger charge is 2.05. The second-order valence-electron chi connectivity index (χ2n) is 3.49. The molecule has 1 aromatic carbocycles. The Balaban J connectivity index is 2.66. The Morgan fingerprint density at radius 2 is 2.08 bits per heavy atom. The normalized spacial score (nSPS) is 11.4. The van der Waals surface area contributed by atoms with E-state index in [4.69, 9.17) is 4.42 Å². The third kappa shape index (κ3) is 1.51. The molecular weight excluding hydrogens is 228 g/mol. The van der Waals surface area contributed by atoms with Crippen LogP contribution < -0.4 is 0 Å². The van der Waals surface area contributed by atoms with E-state index in [2.05, 4.69) is 41.9 Å². The predicted molar refractivity (Wildman–Crippen MR) is 58.0 cm³/mol. The Labute approximate surface area is 85.9 Å².